The molecule has 2 aliphatic rings. The maximum atomic E-state index is 13.0. The number of carbonyl (C=O) groups is 1. The summed E-state index contributed by atoms with van der Waals surface area (Å²) >= 11 is 3.22. The average Bonchev–Trinajstić information content (AvgIpc) is 3.34. The molecular weight excluding hydrogens is 410 g/mol. The van der Waals surface area contributed by atoms with Gasteiger partial charge in [0.1, 0.15) is 5.04 Å². The minimum Gasteiger partial charge on any atom is -0.273 e. The topological polar surface area (TPSA) is 35.9 Å². The van der Waals surface area contributed by atoms with Crippen LogP contribution in [-0.4, -0.2) is 21.0 Å². The number of thioether (sulfide) groups is 2. The molecule has 148 valence electrons. The van der Waals surface area contributed by atoms with Crippen LogP contribution in [0.5, 0.6) is 0 Å². The van der Waals surface area contributed by atoms with Gasteiger partial charge in [-0.05, 0) is 47.7 Å². The first-order chi connectivity index (χ1) is 14.8. The maximum absolute atomic E-state index is 13.0. The molecule has 6 heteroatoms. The molecule has 3 aromatic carbocycles. The van der Waals surface area contributed by atoms with E-state index in [1.165, 1.54) is 0 Å². The monoisotopic (exact) mass is 429 g/mol. The highest BCUT2D eigenvalue weighted by Gasteiger charge is 2.56. The number of nitrogens with zero attached hydrogens (tertiary/aromatic N) is 3. The second-order valence-electron chi connectivity index (χ2n) is 6.83. The van der Waals surface area contributed by atoms with Crippen LogP contribution in [0.25, 0.3) is 6.08 Å². The van der Waals surface area contributed by atoms with Crippen molar-refractivity contribution in [2.75, 3.05) is 15.7 Å². The Labute approximate surface area is 184 Å². The third kappa shape index (κ3) is 3.42. The van der Waals surface area contributed by atoms with E-state index in [2.05, 4.69) is 18.2 Å². The zero-order chi connectivity index (χ0) is 20.4. The molecule has 1 spiro atoms. The highest BCUT2D eigenvalue weighted by atomic mass is 32.2. The van der Waals surface area contributed by atoms with E-state index in [1.807, 2.05) is 94.8 Å². The Hall–Kier alpha value is -2.96. The summed E-state index contributed by atoms with van der Waals surface area (Å²) in [5.74, 6) is 0.499. The largest absolute Gasteiger partial charge is 0.273 e. The number of para-hydroxylation sites is 2. The second-order valence-corrected chi connectivity index (χ2v) is 9.43. The predicted octanol–water partition coefficient (Wildman–Crippen LogP) is 5.66. The van der Waals surface area contributed by atoms with Gasteiger partial charge in [-0.3, -0.25) is 9.69 Å². The summed E-state index contributed by atoms with van der Waals surface area (Å²) in [5, 5.41) is 7.77. The van der Waals surface area contributed by atoms with Gasteiger partial charge in [-0.1, -0.05) is 84.6 Å². The molecule has 0 bridgehead atoms. The van der Waals surface area contributed by atoms with E-state index in [9.17, 15) is 4.79 Å². The van der Waals surface area contributed by atoms with Gasteiger partial charge in [0.2, 0.25) is 10.2 Å². The molecule has 2 heterocycles. The summed E-state index contributed by atoms with van der Waals surface area (Å²) < 4.78 is -0.684. The van der Waals surface area contributed by atoms with Crippen molar-refractivity contribution in [1.29, 1.82) is 0 Å². The lowest BCUT2D eigenvalue weighted by molar-refractivity contribution is -0.115. The predicted molar refractivity (Wildman–Crippen MR) is 129 cm³/mol. The average molecular weight is 430 g/mol. The minimum absolute atomic E-state index is 0.0862. The molecule has 0 aromatic heterocycles. The molecule has 0 radical (unpaired) electrons. The zero-order valence-electron chi connectivity index (χ0n) is 16.1. The zero-order valence-corrected chi connectivity index (χ0v) is 17.7. The number of hydrogen-bond donors (Lipinski definition) is 0. The highest BCUT2D eigenvalue weighted by molar-refractivity contribution is 8.27. The fourth-order valence-corrected chi connectivity index (χ4v) is 6.28. The third-order valence-electron chi connectivity index (χ3n) is 4.85. The van der Waals surface area contributed by atoms with Crippen LogP contribution in [0.2, 0.25) is 0 Å². The second kappa shape index (κ2) is 8.05. The van der Waals surface area contributed by atoms with E-state index in [4.69, 9.17) is 5.10 Å². The summed E-state index contributed by atoms with van der Waals surface area (Å²) in [4.78, 5) is 14.9. The van der Waals surface area contributed by atoms with Crippen LogP contribution in [0.4, 0.5) is 11.4 Å². The standard InChI is InChI=1S/C24H19N3OS2/c28-23-18-29-24(26(23)20-12-6-2-7-13-20)27(21-14-8-3-9-15-21)25-22(30-24)17-16-19-10-4-1-5-11-19/h1-17H,18H2/b17-16+. The van der Waals surface area contributed by atoms with Crippen LogP contribution in [-0.2, 0) is 4.79 Å². The number of hydrogen-bond acceptors (Lipinski definition) is 5. The molecule has 5 rings (SSSR count). The molecule has 1 saturated heterocycles. The van der Waals surface area contributed by atoms with E-state index in [1.54, 1.807) is 23.5 Å². The molecule has 0 saturated carbocycles. The van der Waals surface area contributed by atoms with Gasteiger partial charge >= 0.3 is 0 Å². The summed E-state index contributed by atoms with van der Waals surface area (Å²) in [5.41, 5.74) is 2.95. The molecule has 1 atom stereocenters. The van der Waals surface area contributed by atoms with Crippen molar-refractivity contribution in [2.45, 2.75) is 4.33 Å². The molecule has 1 fully saturated rings. The normalized spacial score (nSPS) is 21.1. The van der Waals surface area contributed by atoms with E-state index < -0.39 is 4.33 Å². The quantitative estimate of drug-likeness (QED) is 0.536. The SMILES string of the molecule is O=C1CSC2(SC(/C=C/c3ccccc3)=NN2c2ccccc2)N1c1ccccc1. The third-order valence-corrected chi connectivity index (χ3v) is 7.63. The smallest absolute Gasteiger partial charge is 0.243 e. The Morgan fingerprint density at radius 3 is 2.07 bits per heavy atom. The van der Waals surface area contributed by atoms with Gasteiger partial charge in [-0.15, -0.1) is 0 Å². The fourth-order valence-electron chi connectivity index (χ4n) is 3.51. The lowest BCUT2D eigenvalue weighted by atomic mass is 10.2. The van der Waals surface area contributed by atoms with E-state index in [0.29, 0.717) is 5.75 Å². The van der Waals surface area contributed by atoms with Gasteiger partial charge in [-0.25, -0.2) is 5.01 Å². The fraction of sp³-hybridized carbons (Fsp3) is 0.0833. The Balaban J connectivity index is 1.57. The van der Waals surface area contributed by atoms with Gasteiger partial charge in [-0.2, -0.15) is 5.10 Å². The first-order valence-electron chi connectivity index (χ1n) is 9.64. The lowest BCUT2D eigenvalue weighted by Gasteiger charge is -2.39. The molecule has 1 unspecified atom stereocenters. The van der Waals surface area contributed by atoms with Gasteiger partial charge in [0.05, 0.1) is 11.4 Å². The lowest BCUT2D eigenvalue weighted by Crippen LogP contribution is -2.51. The Bertz CT molecular complexity index is 1100. The maximum Gasteiger partial charge on any atom is 0.243 e. The van der Waals surface area contributed by atoms with Crippen LogP contribution < -0.4 is 9.91 Å². The molecule has 30 heavy (non-hydrogen) atoms. The van der Waals surface area contributed by atoms with Crippen molar-refractivity contribution in [1.82, 2.24) is 0 Å². The van der Waals surface area contributed by atoms with Crippen LogP contribution >= 0.6 is 23.5 Å². The van der Waals surface area contributed by atoms with Crippen LogP contribution in [0.1, 0.15) is 5.56 Å². The van der Waals surface area contributed by atoms with Gasteiger partial charge in [0.15, 0.2) is 0 Å². The van der Waals surface area contributed by atoms with Crippen molar-refractivity contribution < 1.29 is 4.79 Å². The van der Waals surface area contributed by atoms with Crippen molar-refractivity contribution in [3.8, 4) is 0 Å². The van der Waals surface area contributed by atoms with Gasteiger partial charge in [0.25, 0.3) is 0 Å². The Morgan fingerprint density at radius 2 is 1.40 bits per heavy atom. The number of benzene rings is 3. The Morgan fingerprint density at radius 1 is 0.800 bits per heavy atom. The molecule has 1 amide bonds. The first kappa shape index (κ1) is 19.0. The number of anilines is 2. The van der Waals surface area contributed by atoms with Crippen LogP contribution in [0, 0.1) is 0 Å². The summed E-state index contributed by atoms with van der Waals surface area (Å²) in [6.07, 6.45) is 4.08. The first-order valence-corrected chi connectivity index (χ1v) is 11.4. The van der Waals surface area contributed by atoms with Gasteiger partial charge in [0, 0.05) is 5.69 Å². The number of rotatable bonds is 4. The highest BCUT2D eigenvalue weighted by Crippen LogP contribution is 2.55. The van der Waals surface area contributed by atoms with E-state index in [-0.39, 0.29) is 5.91 Å². The van der Waals surface area contributed by atoms with Gasteiger partial charge < -0.3 is 0 Å². The molecule has 4 nitrogen and oxygen atoms in total. The summed E-state index contributed by atoms with van der Waals surface area (Å²) in [6, 6.07) is 30.0. The van der Waals surface area contributed by atoms with Crippen molar-refractivity contribution >= 4 is 51.9 Å². The van der Waals surface area contributed by atoms with Crippen molar-refractivity contribution in [3.63, 3.8) is 0 Å². The molecular formula is C24H19N3OS2. The minimum atomic E-state index is -0.684. The molecule has 3 aromatic rings. The number of hydrazone groups is 1. The molecule has 2 aliphatic heterocycles. The molecule has 0 N–H and O–H groups in total. The molecule has 0 aliphatic carbocycles. The van der Waals surface area contributed by atoms with Crippen LogP contribution in [0.15, 0.2) is 102 Å². The van der Waals surface area contributed by atoms with E-state index >= 15 is 0 Å². The van der Waals surface area contributed by atoms with Crippen molar-refractivity contribution in [2.24, 2.45) is 5.10 Å². The van der Waals surface area contributed by atoms with Crippen molar-refractivity contribution in [3.05, 3.63) is 103 Å². The Kier molecular flexibility index (Phi) is 5.11. The number of amides is 1. The number of carbonyl (C=O) groups excluding carboxylic acids is 1. The van der Waals surface area contributed by atoms with E-state index in [0.717, 1.165) is 22.0 Å². The summed E-state index contributed by atoms with van der Waals surface area (Å²) in [6.45, 7) is 0. The summed E-state index contributed by atoms with van der Waals surface area (Å²) in [7, 11) is 0. The van der Waals surface area contributed by atoms with Crippen LogP contribution in [0.3, 0.4) is 0 Å².